The van der Waals surface area contributed by atoms with Gasteiger partial charge in [-0.05, 0) is 38.2 Å². The monoisotopic (exact) mass is 415 g/mol. The maximum Gasteiger partial charge on any atom is 0.134 e. The lowest BCUT2D eigenvalue weighted by Crippen LogP contribution is -2.08. The summed E-state index contributed by atoms with van der Waals surface area (Å²) < 4.78 is 25.9. The Kier molecular flexibility index (Phi) is 6.02. The molecule has 0 fully saturated rings. The fourth-order valence-corrected chi connectivity index (χ4v) is 2.79. The van der Waals surface area contributed by atoms with Crippen LogP contribution in [0, 0.1) is 12.7 Å². The predicted octanol–water partition coefficient (Wildman–Crippen LogP) is 4.59. The number of hydrogen-bond donors (Lipinski definition) is 1. The third-order valence-corrected chi connectivity index (χ3v) is 4.24. The predicted molar refractivity (Wildman–Crippen MR) is 94.7 cm³/mol. The van der Waals surface area contributed by atoms with E-state index in [1.54, 1.807) is 13.2 Å². The van der Waals surface area contributed by atoms with E-state index in [0.717, 1.165) is 16.9 Å². The molecule has 0 radical (unpaired) electrons. The number of halogens is 2. The molecule has 0 saturated heterocycles. The summed E-state index contributed by atoms with van der Waals surface area (Å²) in [6, 6.07) is 8.95. The van der Waals surface area contributed by atoms with Crippen molar-refractivity contribution in [2.45, 2.75) is 17.9 Å². The van der Waals surface area contributed by atoms with Gasteiger partial charge in [-0.15, -0.1) is 0 Å². The molecular weight excluding hydrogens is 396 g/mol. The van der Waals surface area contributed by atoms with E-state index < -0.39 is 0 Å². The smallest absolute Gasteiger partial charge is 0.134 e. The minimum absolute atomic E-state index is 0.200. The molecule has 22 heavy (non-hydrogen) atoms. The SMILES string of the molecule is CNCc1cc(F)c(CI)cc1Oc1cccc(OC)c1C. The zero-order valence-electron chi connectivity index (χ0n) is 12.9. The molecule has 3 nitrogen and oxygen atoms in total. The molecular formula is C17H19FINO2. The van der Waals surface area contributed by atoms with Crippen LogP contribution in [-0.2, 0) is 11.0 Å². The van der Waals surface area contributed by atoms with E-state index in [-0.39, 0.29) is 5.82 Å². The molecule has 0 unspecified atom stereocenters. The topological polar surface area (TPSA) is 30.5 Å². The summed E-state index contributed by atoms with van der Waals surface area (Å²) in [7, 11) is 3.45. The zero-order chi connectivity index (χ0) is 16.1. The number of methoxy groups -OCH3 is 1. The summed E-state index contributed by atoms with van der Waals surface area (Å²) in [5.41, 5.74) is 2.34. The molecule has 0 bridgehead atoms. The van der Waals surface area contributed by atoms with E-state index >= 15 is 0 Å². The molecule has 0 atom stereocenters. The quantitative estimate of drug-likeness (QED) is 0.553. The highest BCUT2D eigenvalue weighted by atomic mass is 127. The van der Waals surface area contributed by atoms with Crippen molar-refractivity contribution in [3.05, 3.63) is 52.8 Å². The fourth-order valence-electron chi connectivity index (χ4n) is 2.21. The van der Waals surface area contributed by atoms with Gasteiger partial charge in [0.1, 0.15) is 23.1 Å². The Balaban J connectivity index is 2.43. The minimum Gasteiger partial charge on any atom is -0.496 e. The van der Waals surface area contributed by atoms with Crippen molar-refractivity contribution in [1.82, 2.24) is 5.32 Å². The Hall–Kier alpha value is -1.34. The van der Waals surface area contributed by atoms with E-state index in [1.807, 2.05) is 32.2 Å². The Morgan fingerprint density at radius 2 is 1.86 bits per heavy atom. The second kappa shape index (κ2) is 7.78. The largest absolute Gasteiger partial charge is 0.496 e. The highest BCUT2D eigenvalue weighted by Crippen LogP contribution is 2.34. The molecule has 0 heterocycles. The average Bonchev–Trinajstić information content (AvgIpc) is 2.52. The van der Waals surface area contributed by atoms with Crippen LogP contribution in [0.3, 0.4) is 0 Å². The highest BCUT2D eigenvalue weighted by Gasteiger charge is 2.13. The highest BCUT2D eigenvalue weighted by molar-refractivity contribution is 14.1. The van der Waals surface area contributed by atoms with Crippen molar-refractivity contribution in [3.8, 4) is 17.2 Å². The van der Waals surface area contributed by atoms with Crippen molar-refractivity contribution in [1.29, 1.82) is 0 Å². The lowest BCUT2D eigenvalue weighted by molar-refractivity contribution is 0.403. The molecule has 0 saturated carbocycles. The van der Waals surface area contributed by atoms with Crippen LogP contribution in [0.5, 0.6) is 17.2 Å². The van der Waals surface area contributed by atoms with Crippen LogP contribution in [0.2, 0.25) is 0 Å². The Morgan fingerprint density at radius 3 is 2.50 bits per heavy atom. The van der Waals surface area contributed by atoms with Gasteiger partial charge in [0, 0.05) is 27.7 Å². The second-order valence-electron chi connectivity index (χ2n) is 4.90. The van der Waals surface area contributed by atoms with Crippen LogP contribution < -0.4 is 14.8 Å². The first-order chi connectivity index (χ1) is 10.6. The van der Waals surface area contributed by atoms with Crippen molar-refractivity contribution in [2.75, 3.05) is 14.2 Å². The van der Waals surface area contributed by atoms with Gasteiger partial charge in [-0.3, -0.25) is 0 Å². The van der Waals surface area contributed by atoms with Gasteiger partial charge in [0.2, 0.25) is 0 Å². The molecule has 118 valence electrons. The Labute approximate surface area is 144 Å². The molecule has 2 aromatic rings. The number of alkyl halides is 1. The van der Waals surface area contributed by atoms with Gasteiger partial charge in [0.05, 0.1) is 7.11 Å². The summed E-state index contributed by atoms with van der Waals surface area (Å²) >= 11 is 2.15. The lowest BCUT2D eigenvalue weighted by Gasteiger charge is -2.16. The molecule has 2 aromatic carbocycles. The summed E-state index contributed by atoms with van der Waals surface area (Å²) in [5.74, 6) is 1.94. The molecule has 0 aliphatic carbocycles. The van der Waals surface area contributed by atoms with Crippen molar-refractivity contribution >= 4 is 22.6 Å². The number of benzene rings is 2. The standard InChI is InChI=1S/C17H19FINO2/c1-11-15(21-3)5-4-6-16(11)22-17-8-12(9-19)14(18)7-13(17)10-20-2/h4-8,20H,9-10H2,1-3H3. The van der Waals surface area contributed by atoms with E-state index in [4.69, 9.17) is 9.47 Å². The van der Waals surface area contributed by atoms with E-state index in [0.29, 0.717) is 28.0 Å². The maximum atomic E-state index is 14.0. The zero-order valence-corrected chi connectivity index (χ0v) is 15.0. The van der Waals surface area contributed by atoms with Gasteiger partial charge in [0.15, 0.2) is 0 Å². The van der Waals surface area contributed by atoms with Gasteiger partial charge in [-0.2, -0.15) is 0 Å². The minimum atomic E-state index is -0.200. The number of ether oxygens (including phenoxy) is 2. The van der Waals surface area contributed by atoms with Gasteiger partial charge >= 0.3 is 0 Å². The fraction of sp³-hybridized carbons (Fsp3) is 0.294. The van der Waals surface area contributed by atoms with Crippen LogP contribution in [-0.4, -0.2) is 14.2 Å². The normalized spacial score (nSPS) is 10.6. The van der Waals surface area contributed by atoms with Crippen LogP contribution in [0.1, 0.15) is 16.7 Å². The van der Waals surface area contributed by atoms with Crippen LogP contribution in [0.25, 0.3) is 0 Å². The number of hydrogen-bond acceptors (Lipinski definition) is 3. The summed E-state index contributed by atoms with van der Waals surface area (Å²) in [4.78, 5) is 0. The van der Waals surface area contributed by atoms with Crippen molar-refractivity contribution in [3.63, 3.8) is 0 Å². The van der Waals surface area contributed by atoms with E-state index in [9.17, 15) is 4.39 Å². The molecule has 0 aromatic heterocycles. The van der Waals surface area contributed by atoms with Gasteiger partial charge in [0.25, 0.3) is 0 Å². The lowest BCUT2D eigenvalue weighted by atomic mass is 10.1. The molecule has 0 aliphatic rings. The average molecular weight is 415 g/mol. The third-order valence-electron chi connectivity index (χ3n) is 3.41. The van der Waals surface area contributed by atoms with Gasteiger partial charge in [-0.1, -0.05) is 28.7 Å². The van der Waals surface area contributed by atoms with Gasteiger partial charge in [-0.25, -0.2) is 4.39 Å². The molecule has 0 aliphatic heterocycles. The summed E-state index contributed by atoms with van der Waals surface area (Å²) in [5, 5.41) is 3.04. The first-order valence-electron chi connectivity index (χ1n) is 6.94. The molecule has 2 rings (SSSR count). The number of nitrogens with one attached hydrogen (secondary N) is 1. The Bertz CT molecular complexity index is 661. The maximum absolute atomic E-state index is 14.0. The van der Waals surface area contributed by atoms with E-state index in [1.165, 1.54) is 6.07 Å². The summed E-state index contributed by atoms with van der Waals surface area (Å²) in [6.07, 6.45) is 0. The van der Waals surface area contributed by atoms with Crippen LogP contribution in [0.4, 0.5) is 4.39 Å². The third kappa shape index (κ3) is 3.70. The summed E-state index contributed by atoms with van der Waals surface area (Å²) in [6.45, 7) is 2.48. The van der Waals surface area contributed by atoms with Crippen LogP contribution >= 0.6 is 22.6 Å². The Morgan fingerprint density at radius 1 is 1.14 bits per heavy atom. The van der Waals surface area contributed by atoms with E-state index in [2.05, 4.69) is 27.9 Å². The first-order valence-corrected chi connectivity index (χ1v) is 8.46. The van der Waals surface area contributed by atoms with Crippen LogP contribution in [0.15, 0.2) is 30.3 Å². The molecule has 0 amide bonds. The van der Waals surface area contributed by atoms with Gasteiger partial charge < -0.3 is 14.8 Å². The molecule has 0 spiro atoms. The molecule has 5 heteroatoms. The molecule has 1 N–H and O–H groups in total. The second-order valence-corrected chi connectivity index (χ2v) is 5.66. The first kappa shape index (κ1) is 17.0. The van der Waals surface area contributed by atoms with Crippen molar-refractivity contribution < 1.29 is 13.9 Å². The number of rotatable bonds is 6. The van der Waals surface area contributed by atoms with Crippen molar-refractivity contribution in [2.24, 2.45) is 0 Å².